The Balaban J connectivity index is 1.93. The number of carboxylic acids is 1. The lowest BCUT2D eigenvalue weighted by Gasteiger charge is -2.14. The third-order valence-corrected chi connectivity index (χ3v) is 3.59. The van der Waals surface area contributed by atoms with Crippen LogP contribution in [0, 0.1) is 6.92 Å². The second-order valence-corrected chi connectivity index (χ2v) is 5.64. The van der Waals surface area contributed by atoms with Crippen molar-refractivity contribution >= 4 is 28.3 Å². The third-order valence-electron chi connectivity index (χ3n) is 2.79. The van der Waals surface area contributed by atoms with Crippen molar-refractivity contribution < 1.29 is 19.4 Å². The molecule has 2 aromatic rings. The summed E-state index contributed by atoms with van der Waals surface area (Å²) >= 11 is 1.18. The van der Waals surface area contributed by atoms with E-state index in [4.69, 9.17) is 9.84 Å². The van der Waals surface area contributed by atoms with E-state index in [0.29, 0.717) is 16.6 Å². The van der Waals surface area contributed by atoms with Crippen LogP contribution >= 0.6 is 11.3 Å². The van der Waals surface area contributed by atoms with Gasteiger partial charge in [-0.05, 0) is 31.5 Å². The fourth-order valence-corrected chi connectivity index (χ4v) is 2.47. The van der Waals surface area contributed by atoms with Crippen LogP contribution in [0.1, 0.15) is 18.2 Å². The summed E-state index contributed by atoms with van der Waals surface area (Å²) in [6.07, 6.45) is -0.851. The quantitative estimate of drug-likeness (QED) is 0.853. The molecule has 22 heavy (non-hydrogen) atoms. The molecule has 0 saturated heterocycles. The number of hydrogen-bond donors (Lipinski definition) is 2. The van der Waals surface area contributed by atoms with E-state index in [9.17, 15) is 9.59 Å². The number of aryl methyl sites for hydroxylation is 1. The smallest absolute Gasteiger partial charge is 0.309 e. The van der Waals surface area contributed by atoms with Gasteiger partial charge >= 0.3 is 5.97 Å². The van der Waals surface area contributed by atoms with E-state index in [1.54, 1.807) is 18.4 Å². The molecule has 1 aromatic heterocycles. The van der Waals surface area contributed by atoms with E-state index in [1.165, 1.54) is 11.3 Å². The van der Waals surface area contributed by atoms with Crippen LogP contribution in [0.4, 0.5) is 5.13 Å². The fourth-order valence-electron chi connectivity index (χ4n) is 1.75. The zero-order valence-corrected chi connectivity index (χ0v) is 13.0. The van der Waals surface area contributed by atoms with Gasteiger partial charge in [0.1, 0.15) is 5.75 Å². The average Bonchev–Trinajstić information content (AvgIpc) is 2.85. The number of carbonyl (C=O) groups excluding carboxylic acids is 1. The largest absolute Gasteiger partial charge is 0.481 e. The maximum absolute atomic E-state index is 12.0. The molecule has 0 aliphatic heterocycles. The Hall–Kier alpha value is -2.41. The molecule has 1 atom stereocenters. The second kappa shape index (κ2) is 7.04. The highest BCUT2D eigenvalue weighted by atomic mass is 32.1. The minimum atomic E-state index is -0.959. The number of hydrogen-bond acceptors (Lipinski definition) is 5. The predicted octanol–water partition coefficient (Wildman–Crippen LogP) is 2.48. The number of aliphatic carboxylic acids is 1. The molecule has 0 saturated carbocycles. The summed E-state index contributed by atoms with van der Waals surface area (Å²) in [5, 5.41) is 13.3. The molecule has 0 spiro atoms. The van der Waals surface area contributed by atoms with Gasteiger partial charge in [-0.3, -0.25) is 14.9 Å². The second-order valence-electron chi connectivity index (χ2n) is 4.78. The van der Waals surface area contributed by atoms with Crippen molar-refractivity contribution in [1.29, 1.82) is 0 Å². The van der Waals surface area contributed by atoms with E-state index < -0.39 is 12.1 Å². The van der Waals surface area contributed by atoms with Crippen LogP contribution in [0.25, 0.3) is 0 Å². The summed E-state index contributed by atoms with van der Waals surface area (Å²) in [6, 6.07) is 7.43. The molecule has 0 aliphatic rings. The number of anilines is 1. The summed E-state index contributed by atoms with van der Waals surface area (Å²) < 4.78 is 5.57. The molecular formula is C15H16N2O4S. The molecule has 2 N–H and O–H groups in total. The van der Waals surface area contributed by atoms with Crippen LogP contribution in [0.5, 0.6) is 5.75 Å². The SMILES string of the molecule is Cc1cccc(OC(C)C(=O)Nc2nc(CC(=O)O)cs2)c1. The molecule has 1 amide bonds. The molecule has 7 heteroatoms. The Bertz CT molecular complexity index is 684. The highest BCUT2D eigenvalue weighted by Gasteiger charge is 2.17. The molecule has 1 unspecified atom stereocenters. The zero-order chi connectivity index (χ0) is 16.1. The molecule has 1 aromatic carbocycles. The maximum Gasteiger partial charge on any atom is 0.309 e. The van der Waals surface area contributed by atoms with Gasteiger partial charge in [0.25, 0.3) is 5.91 Å². The zero-order valence-electron chi connectivity index (χ0n) is 12.2. The highest BCUT2D eigenvalue weighted by molar-refractivity contribution is 7.13. The number of ether oxygens (including phenoxy) is 1. The van der Waals surface area contributed by atoms with Crippen LogP contribution in [-0.4, -0.2) is 28.1 Å². The van der Waals surface area contributed by atoms with Crippen LogP contribution in [0.3, 0.4) is 0 Å². The van der Waals surface area contributed by atoms with E-state index in [1.807, 2.05) is 25.1 Å². The molecule has 2 rings (SSSR count). The van der Waals surface area contributed by atoms with Crippen molar-refractivity contribution in [1.82, 2.24) is 4.98 Å². The average molecular weight is 320 g/mol. The molecular weight excluding hydrogens is 304 g/mol. The number of carbonyl (C=O) groups is 2. The van der Waals surface area contributed by atoms with Crippen LogP contribution in [0.15, 0.2) is 29.6 Å². The lowest BCUT2D eigenvalue weighted by atomic mass is 10.2. The fraction of sp³-hybridized carbons (Fsp3) is 0.267. The number of amides is 1. The maximum atomic E-state index is 12.0. The first-order valence-corrected chi connectivity index (χ1v) is 7.52. The number of nitrogens with one attached hydrogen (secondary N) is 1. The van der Waals surface area contributed by atoms with Crippen molar-refractivity contribution in [3.63, 3.8) is 0 Å². The van der Waals surface area contributed by atoms with Crippen LogP contribution < -0.4 is 10.1 Å². The van der Waals surface area contributed by atoms with Crippen LogP contribution in [0.2, 0.25) is 0 Å². The molecule has 0 aliphatic carbocycles. The summed E-state index contributed by atoms with van der Waals surface area (Å²) in [5.74, 6) is -0.676. The first-order chi connectivity index (χ1) is 10.4. The first kappa shape index (κ1) is 16.0. The lowest BCUT2D eigenvalue weighted by Crippen LogP contribution is -2.30. The van der Waals surface area contributed by atoms with Gasteiger partial charge in [-0.25, -0.2) is 4.98 Å². The minimum absolute atomic E-state index is 0.165. The Morgan fingerprint density at radius 1 is 1.45 bits per heavy atom. The van der Waals surface area contributed by atoms with Gasteiger partial charge in [-0.2, -0.15) is 0 Å². The standard InChI is InChI=1S/C15H16N2O4S/c1-9-4-3-5-12(6-9)21-10(2)14(20)17-15-16-11(8-22-15)7-13(18)19/h3-6,8,10H,7H2,1-2H3,(H,18,19)(H,16,17,20). The molecule has 0 radical (unpaired) electrons. The molecule has 0 bridgehead atoms. The Morgan fingerprint density at radius 3 is 2.91 bits per heavy atom. The number of nitrogens with zero attached hydrogens (tertiary/aromatic N) is 1. The molecule has 116 valence electrons. The summed E-state index contributed by atoms with van der Waals surface area (Å²) in [4.78, 5) is 26.7. The number of benzene rings is 1. The van der Waals surface area contributed by atoms with E-state index >= 15 is 0 Å². The normalized spacial score (nSPS) is 11.7. The number of carboxylic acid groups (broad SMARTS) is 1. The van der Waals surface area contributed by atoms with Gasteiger partial charge in [0, 0.05) is 5.38 Å². The number of aromatic nitrogens is 1. The van der Waals surface area contributed by atoms with E-state index in [-0.39, 0.29) is 12.3 Å². The summed E-state index contributed by atoms with van der Waals surface area (Å²) in [6.45, 7) is 3.58. The van der Waals surface area contributed by atoms with Crippen LogP contribution in [-0.2, 0) is 16.0 Å². The number of thiazole rings is 1. The minimum Gasteiger partial charge on any atom is -0.481 e. The molecule has 0 fully saturated rings. The predicted molar refractivity (Wildman–Crippen MR) is 83.4 cm³/mol. The Kier molecular flexibility index (Phi) is 5.11. The van der Waals surface area contributed by atoms with Crippen molar-refractivity contribution in [2.24, 2.45) is 0 Å². The topological polar surface area (TPSA) is 88.5 Å². The lowest BCUT2D eigenvalue weighted by molar-refractivity contribution is -0.136. The Morgan fingerprint density at radius 2 is 2.23 bits per heavy atom. The molecule has 1 heterocycles. The van der Waals surface area contributed by atoms with Gasteiger partial charge in [0.15, 0.2) is 11.2 Å². The van der Waals surface area contributed by atoms with Crippen molar-refractivity contribution in [3.8, 4) is 5.75 Å². The van der Waals surface area contributed by atoms with Gasteiger partial charge in [-0.1, -0.05) is 12.1 Å². The summed E-state index contributed by atoms with van der Waals surface area (Å²) in [5.41, 5.74) is 1.46. The third kappa shape index (κ3) is 4.56. The van der Waals surface area contributed by atoms with Crippen molar-refractivity contribution in [2.75, 3.05) is 5.32 Å². The highest BCUT2D eigenvalue weighted by Crippen LogP contribution is 2.18. The number of rotatable bonds is 6. The van der Waals surface area contributed by atoms with Gasteiger partial charge in [0.05, 0.1) is 12.1 Å². The van der Waals surface area contributed by atoms with Gasteiger partial charge < -0.3 is 9.84 Å². The van der Waals surface area contributed by atoms with E-state index in [2.05, 4.69) is 10.3 Å². The van der Waals surface area contributed by atoms with Gasteiger partial charge in [0.2, 0.25) is 0 Å². The van der Waals surface area contributed by atoms with Gasteiger partial charge in [-0.15, -0.1) is 11.3 Å². The van der Waals surface area contributed by atoms with E-state index in [0.717, 1.165) is 5.56 Å². The van der Waals surface area contributed by atoms with Crippen molar-refractivity contribution in [2.45, 2.75) is 26.4 Å². The van der Waals surface area contributed by atoms with Crippen molar-refractivity contribution in [3.05, 3.63) is 40.9 Å². The summed E-state index contributed by atoms with van der Waals surface area (Å²) in [7, 11) is 0. The monoisotopic (exact) mass is 320 g/mol. The Labute approximate surface area is 131 Å². The first-order valence-electron chi connectivity index (χ1n) is 6.64. The molecule has 6 nitrogen and oxygen atoms in total.